The second-order valence-electron chi connectivity index (χ2n) is 13.2. The third kappa shape index (κ3) is 7.64. The highest BCUT2D eigenvalue weighted by atomic mass is 32.1. The molecule has 0 bridgehead atoms. The monoisotopic (exact) mass is 671 g/mol. The van der Waals surface area contributed by atoms with Crippen molar-refractivity contribution < 1.29 is 22.4 Å². The number of carbonyl (C=O) groups is 1. The molecule has 0 saturated carbocycles. The van der Waals surface area contributed by atoms with E-state index in [1.54, 1.807) is 17.9 Å². The van der Waals surface area contributed by atoms with E-state index in [1.807, 2.05) is 0 Å². The van der Waals surface area contributed by atoms with Crippen LogP contribution in [-0.4, -0.2) is 88.7 Å². The molecule has 2 aromatic heterocycles. The van der Waals surface area contributed by atoms with Crippen LogP contribution >= 0.6 is 11.3 Å². The van der Waals surface area contributed by atoms with Crippen LogP contribution in [0.25, 0.3) is 10.2 Å². The number of hydrogen-bond donors (Lipinski definition) is 1. The number of anilines is 1. The summed E-state index contributed by atoms with van der Waals surface area (Å²) in [5.41, 5.74) is 3.21. The van der Waals surface area contributed by atoms with Crippen LogP contribution < -0.4 is 5.32 Å². The average molecular weight is 672 g/mol. The summed E-state index contributed by atoms with van der Waals surface area (Å²) in [6.45, 7) is 7.65. The zero-order chi connectivity index (χ0) is 33.3. The van der Waals surface area contributed by atoms with Gasteiger partial charge in [0.2, 0.25) is 0 Å². The van der Waals surface area contributed by atoms with Crippen LogP contribution in [0.5, 0.6) is 0 Å². The van der Waals surface area contributed by atoms with E-state index < -0.39 is 25.2 Å². The van der Waals surface area contributed by atoms with Gasteiger partial charge in [-0.25, -0.2) is 14.4 Å². The highest BCUT2D eigenvalue weighted by Gasteiger charge is 2.37. The number of piperidine rings is 2. The van der Waals surface area contributed by atoms with Gasteiger partial charge in [-0.1, -0.05) is 18.6 Å². The molecule has 47 heavy (non-hydrogen) atoms. The summed E-state index contributed by atoms with van der Waals surface area (Å²) in [5.74, 6) is 1.59. The first-order valence-electron chi connectivity index (χ1n) is 16.5. The first kappa shape index (κ1) is 33.4. The van der Waals surface area contributed by atoms with Crippen LogP contribution in [0.3, 0.4) is 0 Å². The minimum Gasteiger partial charge on any atom is -0.367 e. The predicted octanol–water partition coefficient (Wildman–Crippen LogP) is 6.38. The van der Waals surface area contributed by atoms with Crippen molar-refractivity contribution in [1.82, 2.24) is 24.7 Å². The van der Waals surface area contributed by atoms with E-state index in [0.29, 0.717) is 46.6 Å². The molecule has 1 N–H and O–H groups in total. The van der Waals surface area contributed by atoms with Crippen molar-refractivity contribution in [3.8, 4) is 6.07 Å². The first-order valence-corrected chi connectivity index (χ1v) is 17.3. The van der Waals surface area contributed by atoms with E-state index in [4.69, 9.17) is 0 Å². The van der Waals surface area contributed by atoms with Gasteiger partial charge in [0, 0.05) is 61.8 Å². The third-order valence-electron chi connectivity index (χ3n) is 10.1. The van der Waals surface area contributed by atoms with Crippen molar-refractivity contribution in [1.29, 1.82) is 5.26 Å². The fraction of sp³-hybridized carbons (Fsp3) is 0.588. The molecule has 0 radical (unpaired) electrons. The van der Waals surface area contributed by atoms with Gasteiger partial charge in [-0.05, 0) is 69.1 Å². The molecule has 13 heteroatoms. The van der Waals surface area contributed by atoms with Crippen molar-refractivity contribution in [3.05, 3.63) is 52.0 Å². The normalized spacial score (nSPS) is 23.0. The highest BCUT2D eigenvalue weighted by molar-refractivity contribution is 7.18. The number of halogens is 4. The Morgan fingerprint density at radius 3 is 2.55 bits per heavy atom. The average Bonchev–Trinajstić information content (AvgIpc) is 3.61. The van der Waals surface area contributed by atoms with E-state index in [0.717, 1.165) is 69.6 Å². The summed E-state index contributed by atoms with van der Waals surface area (Å²) in [4.78, 5) is 27.6. The van der Waals surface area contributed by atoms with Crippen molar-refractivity contribution in [3.63, 3.8) is 0 Å². The van der Waals surface area contributed by atoms with Crippen LogP contribution in [0.15, 0.2) is 41.3 Å². The molecular weight excluding hydrogens is 630 g/mol. The molecule has 6 rings (SSSR count). The minimum absolute atomic E-state index is 0.157. The van der Waals surface area contributed by atoms with E-state index in [-0.39, 0.29) is 22.8 Å². The summed E-state index contributed by atoms with van der Waals surface area (Å²) >= 11 is 1.08. The summed E-state index contributed by atoms with van der Waals surface area (Å²) < 4.78 is 51.8. The quantitative estimate of drug-likeness (QED) is 0.310. The Bertz CT molecular complexity index is 1610. The molecule has 1 amide bonds. The Morgan fingerprint density at radius 2 is 1.87 bits per heavy atom. The molecule has 2 saturated heterocycles. The number of nitrogens with zero attached hydrogens (tertiary/aromatic N) is 6. The summed E-state index contributed by atoms with van der Waals surface area (Å²) in [5, 5.41) is 14.1. The van der Waals surface area contributed by atoms with Crippen molar-refractivity contribution in [2.24, 2.45) is 17.8 Å². The van der Waals surface area contributed by atoms with Crippen LogP contribution in [-0.2, 0) is 11.2 Å². The number of aromatic nitrogens is 2. The molecule has 5 heterocycles. The second kappa shape index (κ2) is 13.9. The molecule has 4 aliphatic rings. The predicted molar refractivity (Wildman–Crippen MR) is 174 cm³/mol. The molecule has 0 aromatic carbocycles. The minimum atomic E-state index is -4.26. The second-order valence-corrected chi connectivity index (χ2v) is 14.4. The first-order chi connectivity index (χ1) is 22.5. The van der Waals surface area contributed by atoms with Gasteiger partial charge in [-0.3, -0.25) is 9.69 Å². The lowest BCUT2D eigenvalue weighted by molar-refractivity contribution is -0.133. The van der Waals surface area contributed by atoms with Crippen LogP contribution in [0.4, 0.5) is 23.4 Å². The lowest BCUT2D eigenvalue weighted by Gasteiger charge is -2.37. The number of rotatable bonds is 9. The standard InChI is InChI=1S/C34H41F4N7OS/c1-21-24(3-4-30-28(21)15-26(19-39)45(30)14-7-23-5-12-44(13-6-23)31(46)18-35)20-43-10-8-25(9-11-43)42-32-29-16-27(17-34(36,37)38)47-33(29)41-22(2)40-32/h3-4,15-16,21,23,25,28H,5-14,17-18,20H2,1-2H3,(H,40,41,42). The molecule has 1 aliphatic carbocycles. The number of alkyl halides is 4. The van der Waals surface area contributed by atoms with Crippen molar-refractivity contribution in [2.45, 2.75) is 64.6 Å². The Kier molecular flexibility index (Phi) is 9.90. The molecule has 2 fully saturated rings. The Morgan fingerprint density at radius 1 is 1.13 bits per heavy atom. The Labute approximate surface area is 276 Å². The van der Waals surface area contributed by atoms with Gasteiger partial charge in [0.05, 0.1) is 11.8 Å². The molecule has 8 nitrogen and oxygen atoms in total. The smallest absolute Gasteiger partial charge is 0.367 e. The number of aryl methyl sites for hydroxylation is 1. The number of nitrogens with one attached hydrogen (secondary N) is 1. The SMILES string of the molecule is Cc1nc(NC2CCN(CC3=CC=C4C(C=C(C#N)N4CCC4CCN(C(=O)CF)CC4)C3C)CC2)c2cc(CC(F)(F)F)sc2n1. The summed E-state index contributed by atoms with van der Waals surface area (Å²) in [6, 6.07) is 4.15. The molecule has 2 aromatic rings. The molecule has 252 valence electrons. The van der Waals surface area contributed by atoms with Crippen molar-refractivity contribution >= 4 is 33.3 Å². The van der Waals surface area contributed by atoms with Gasteiger partial charge < -0.3 is 15.1 Å². The molecule has 2 unspecified atom stereocenters. The number of thiophene rings is 1. The number of nitriles is 1. The zero-order valence-electron chi connectivity index (χ0n) is 26.8. The fourth-order valence-electron chi connectivity index (χ4n) is 7.41. The van der Waals surface area contributed by atoms with E-state index in [1.165, 1.54) is 11.3 Å². The van der Waals surface area contributed by atoms with E-state index in [9.17, 15) is 27.6 Å². The number of allylic oxidation sites excluding steroid dienone is 4. The Balaban J connectivity index is 1.03. The fourth-order valence-corrected chi connectivity index (χ4v) is 8.52. The summed E-state index contributed by atoms with van der Waals surface area (Å²) in [7, 11) is 0. The van der Waals surface area contributed by atoms with Gasteiger partial charge in [-0.2, -0.15) is 18.4 Å². The zero-order valence-corrected chi connectivity index (χ0v) is 27.6. The summed E-state index contributed by atoms with van der Waals surface area (Å²) in [6.07, 6.45) is 5.71. The lowest BCUT2D eigenvalue weighted by atomic mass is 9.81. The maximum absolute atomic E-state index is 13.0. The molecule has 3 aliphatic heterocycles. The van der Waals surface area contributed by atoms with Crippen LogP contribution in [0, 0.1) is 36.0 Å². The van der Waals surface area contributed by atoms with E-state index in [2.05, 4.69) is 56.3 Å². The topological polar surface area (TPSA) is 88.4 Å². The number of likely N-dealkylation sites (tertiary alicyclic amines) is 2. The number of carbonyl (C=O) groups excluding carboxylic acids is 1. The Hall–Kier alpha value is -3.50. The van der Waals surface area contributed by atoms with Gasteiger partial charge >= 0.3 is 6.18 Å². The van der Waals surface area contributed by atoms with Gasteiger partial charge in [0.15, 0.2) is 6.67 Å². The lowest BCUT2D eigenvalue weighted by Crippen LogP contribution is -2.41. The van der Waals surface area contributed by atoms with Gasteiger partial charge in [-0.15, -0.1) is 11.3 Å². The van der Waals surface area contributed by atoms with Crippen molar-refractivity contribution in [2.75, 3.05) is 51.3 Å². The van der Waals surface area contributed by atoms with Gasteiger partial charge in [0.25, 0.3) is 5.91 Å². The maximum atomic E-state index is 13.0. The van der Waals surface area contributed by atoms with Crippen LogP contribution in [0.2, 0.25) is 0 Å². The highest BCUT2D eigenvalue weighted by Crippen LogP contribution is 2.42. The number of hydrogen-bond acceptors (Lipinski definition) is 8. The molecule has 0 spiro atoms. The maximum Gasteiger partial charge on any atom is 0.393 e. The molecular formula is C34H41F4N7OS. The van der Waals surface area contributed by atoms with Gasteiger partial charge in [0.1, 0.15) is 28.2 Å². The van der Waals surface area contributed by atoms with E-state index >= 15 is 0 Å². The third-order valence-corrected chi connectivity index (χ3v) is 11.1. The van der Waals surface area contributed by atoms with Crippen LogP contribution in [0.1, 0.15) is 49.7 Å². The molecule has 2 atom stereocenters. The largest absolute Gasteiger partial charge is 0.393 e. The number of amides is 1. The number of fused-ring (bicyclic) bond motifs is 2.